The van der Waals surface area contributed by atoms with Gasteiger partial charge in [0.2, 0.25) is 5.91 Å². The molecule has 1 N–H and O–H groups in total. The Morgan fingerprint density at radius 2 is 1.90 bits per heavy atom. The van der Waals surface area contributed by atoms with Crippen LogP contribution in [0.25, 0.3) is 0 Å². The lowest BCUT2D eigenvalue weighted by molar-refractivity contribution is -0.131. The third-order valence-electron chi connectivity index (χ3n) is 4.13. The summed E-state index contributed by atoms with van der Waals surface area (Å²) in [5.74, 6) is -0.211. The van der Waals surface area contributed by atoms with Crippen molar-refractivity contribution >= 4 is 11.9 Å². The van der Waals surface area contributed by atoms with Crippen molar-refractivity contribution in [2.45, 2.75) is 32.6 Å². The van der Waals surface area contributed by atoms with Gasteiger partial charge in [-0.3, -0.25) is 4.79 Å². The maximum atomic E-state index is 12.3. The number of hydrogen-bond acceptors (Lipinski definition) is 2. The molecule has 0 aromatic heterocycles. The molecule has 1 aromatic carbocycles. The maximum Gasteiger partial charge on any atom is 0.335 e. The summed E-state index contributed by atoms with van der Waals surface area (Å²) in [7, 11) is 0. The molecule has 4 heteroatoms. The number of hydrogen-bond donors (Lipinski definition) is 1. The summed E-state index contributed by atoms with van der Waals surface area (Å²) in [5, 5.41) is 9.13. The van der Waals surface area contributed by atoms with E-state index in [1.807, 2.05) is 4.90 Å². The van der Waals surface area contributed by atoms with Gasteiger partial charge in [0, 0.05) is 13.1 Å². The second-order valence-corrected chi connectivity index (χ2v) is 5.37. The van der Waals surface area contributed by atoms with E-state index >= 15 is 0 Å². The molecule has 0 bridgehead atoms. The molecule has 1 heterocycles. The number of carboxylic acids is 1. The summed E-state index contributed by atoms with van der Waals surface area (Å²) < 4.78 is 0. The van der Waals surface area contributed by atoms with E-state index in [-0.39, 0.29) is 17.9 Å². The number of likely N-dealkylation sites (tertiary alicyclic amines) is 1. The topological polar surface area (TPSA) is 57.6 Å². The number of nitrogens with zero attached hydrogens (tertiary/aromatic N) is 1. The predicted octanol–water partition coefficient (Wildman–Crippen LogP) is 2.58. The molecule has 0 saturated carbocycles. The molecule has 0 spiro atoms. The number of rotatable bonds is 4. The minimum atomic E-state index is -0.974. The zero-order chi connectivity index (χ0) is 14.5. The summed E-state index contributed by atoms with van der Waals surface area (Å²) in [6.45, 7) is 3.78. The van der Waals surface area contributed by atoms with Gasteiger partial charge in [-0.05, 0) is 30.4 Å². The van der Waals surface area contributed by atoms with Gasteiger partial charge in [-0.2, -0.15) is 0 Å². The largest absolute Gasteiger partial charge is 0.478 e. The molecule has 1 saturated heterocycles. The van der Waals surface area contributed by atoms with Crippen LogP contribution in [0.3, 0.4) is 0 Å². The first-order valence-corrected chi connectivity index (χ1v) is 7.20. The third kappa shape index (κ3) is 3.38. The molecule has 0 radical (unpaired) electrons. The van der Waals surface area contributed by atoms with E-state index in [9.17, 15) is 9.59 Å². The molecule has 2 rings (SSSR count). The molecule has 1 aliphatic heterocycles. The van der Waals surface area contributed by atoms with Crippen LogP contribution in [0.2, 0.25) is 0 Å². The minimum Gasteiger partial charge on any atom is -0.478 e. The molecule has 20 heavy (non-hydrogen) atoms. The summed E-state index contributed by atoms with van der Waals surface area (Å²) >= 11 is 0. The van der Waals surface area contributed by atoms with E-state index in [0.29, 0.717) is 5.56 Å². The molecule has 1 fully saturated rings. The molecule has 0 atom stereocenters. The zero-order valence-electron chi connectivity index (χ0n) is 11.8. The highest BCUT2D eigenvalue weighted by atomic mass is 16.4. The Hall–Kier alpha value is -1.84. The average molecular weight is 275 g/mol. The number of carbonyl (C=O) groups is 2. The van der Waals surface area contributed by atoms with Crippen molar-refractivity contribution in [1.82, 2.24) is 4.90 Å². The highest BCUT2D eigenvalue weighted by Gasteiger charge is 2.22. The van der Waals surface area contributed by atoms with Crippen molar-refractivity contribution in [2.75, 3.05) is 13.1 Å². The van der Waals surface area contributed by atoms with Crippen LogP contribution in [0.1, 0.15) is 42.1 Å². The summed E-state index contributed by atoms with van der Waals surface area (Å²) in [4.78, 5) is 25.3. The highest BCUT2D eigenvalue weighted by molar-refractivity contribution is 5.91. The number of carbonyl (C=O) groups excluding carboxylic acids is 1. The van der Waals surface area contributed by atoms with E-state index in [1.54, 1.807) is 24.3 Å². The van der Waals surface area contributed by atoms with E-state index in [1.165, 1.54) is 6.42 Å². The van der Waals surface area contributed by atoms with Gasteiger partial charge in [0.15, 0.2) is 0 Å². The minimum absolute atomic E-state index is 0.0354. The van der Waals surface area contributed by atoms with Gasteiger partial charge in [-0.15, -0.1) is 0 Å². The first-order valence-electron chi connectivity index (χ1n) is 7.20. The van der Waals surface area contributed by atoms with Crippen LogP contribution in [0.4, 0.5) is 0 Å². The first kappa shape index (κ1) is 14.6. The van der Waals surface area contributed by atoms with Gasteiger partial charge in [0.25, 0.3) is 0 Å². The van der Waals surface area contributed by atoms with Crippen LogP contribution in [0.5, 0.6) is 0 Å². The second-order valence-electron chi connectivity index (χ2n) is 5.37. The fraction of sp³-hybridized carbons (Fsp3) is 0.500. The van der Waals surface area contributed by atoms with Crippen LogP contribution >= 0.6 is 0 Å². The van der Waals surface area contributed by atoms with Gasteiger partial charge >= 0.3 is 5.97 Å². The van der Waals surface area contributed by atoms with Crippen LogP contribution in [-0.4, -0.2) is 35.0 Å². The molecule has 1 amide bonds. The maximum absolute atomic E-state index is 12.3. The fourth-order valence-corrected chi connectivity index (χ4v) is 2.75. The number of piperidine rings is 1. The number of aromatic carboxylic acids is 1. The van der Waals surface area contributed by atoms with Crippen molar-refractivity contribution in [3.05, 3.63) is 35.4 Å². The van der Waals surface area contributed by atoms with Crippen LogP contribution in [0, 0.1) is 5.92 Å². The molecular weight excluding hydrogens is 254 g/mol. The second kappa shape index (κ2) is 6.55. The van der Waals surface area contributed by atoms with E-state index in [0.717, 1.165) is 31.8 Å². The molecule has 108 valence electrons. The van der Waals surface area contributed by atoms with Gasteiger partial charge in [0.1, 0.15) is 0 Å². The zero-order valence-corrected chi connectivity index (χ0v) is 11.8. The quantitative estimate of drug-likeness (QED) is 0.918. The summed E-state index contributed by atoms with van der Waals surface area (Å²) in [5.41, 5.74) is 0.826. The Bertz CT molecular complexity index is 490. The Morgan fingerprint density at radius 1 is 1.25 bits per heavy atom. The molecular formula is C16H21NO3. The number of amides is 1. The van der Waals surface area contributed by atoms with E-state index in [4.69, 9.17) is 5.11 Å². The van der Waals surface area contributed by atoms with Crippen molar-refractivity contribution in [3.63, 3.8) is 0 Å². The molecule has 1 aromatic rings. The first-order chi connectivity index (χ1) is 9.61. The third-order valence-corrected chi connectivity index (χ3v) is 4.13. The summed E-state index contributed by atoms with van der Waals surface area (Å²) in [6, 6.07) is 6.73. The lowest BCUT2D eigenvalue weighted by Gasteiger charge is -2.31. The SMILES string of the molecule is CCC1CCN(C(=O)Cc2ccccc2C(=O)O)CC1. The molecule has 4 nitrogen and oxygen atoms in total. The van der Waals surface area contributed by atoms with E-state index < -0.39 is 5.97 Å². The average Bonchev–Trinajstić information content (AvgIpc) is 2.47. The van der Waals surface area contributed by atoms with Gasteiger partial charge in [-0.25, -0.2) is 4.79 Å². The fourth-order valence-electron chi connectivity index (χ4n) is 2.75. The van der Waals surface area contributed by atoms with E-state index in [2.05, 4.69) is 6.92 Å². The number of carboxylic acid groups (broad SMARTS) is 1. The van der Waals surface area contributed by atoms with Gasteiger partial charge < -0.3 is 10.0 Å². The van der Waals surface area contributed by atoms with Crippen molar-refractivity contribution in [2.24, 2.45) is 5.92 Å². The molecule has 0 aliphatic carbocycles. The molecule has 1 aliphatic rings. The Kier molecular flexibility index (Phi) is 4.77. The molecule has 0 unspecified atom stereocenters. The van der Waals surface area contributed by atoms with Crippen molar-refractivity contribution in [1.29, 1.82) is 0 Å². The Balaban J connectivity index is 2.00. The number of benzene rings is 1. The predicted molar refractivity (Wildman–Crippen MR) is 76.7 cm³/mol. The van der Waals surface area contributed by atoms with Crippen LogP contribution in [-0.2, 0) is 11.2 Å². The van der Waals surface area contributed by atoms with Crippen molar-refractivity contribution < 1.29 is 14.7 Å². The van der Waals surface area contributed by atoms with Crippen LogP contribution < -0.4 is 0 Å². The Labute approximate surface area is 119 Å². The standard InChI is InChI=1S/C16H21NO3/c1-2-12-7-9-17(10-8-12)15(18)11-13-5-3-4-6-14(13)16(19)20/h3-6,12H,2,7-11H2,1H3,(H,19,20). The van der Waals surface area contributed by atoms with Crippen LogP contribution in [0.15, 0.2) is 24.3 Å². The monoisotopic (exact) mass is 275 g/mol. The summed E-state index contributed by atoms with van der Waals surface area (Å²) in [6.07, 6.45) is 3.47. The van der Waals surface area contributed by atoms with Gasteiger partial charge in [0.05, 0.1) is 12.0 Å². The Morgan fingerprint density at radius 3 is 2.50 bits per heavy atom. The lowest BCUT2D eigenvalue weighted by Crippen LogP contribution is -2.39. The van der Waals surface area contributed by atoms with Crippen molar-refractivity contribution in [3.8, 4) is 0 Å². The highest BCUT2D eigenvalue weighted by Crippen LogP contribution is 2.21. The smallest absolute Gasteiger partial charge is 0.335 e. The van der Waals surface area contributed by atoms with Gasteiger partial charge in [-0.1, -0.05) is 31.5 Å². The lowest BCUT2D eigenvalue weighted by atomic mass is 9.94. The normalized spacial score (nSPS) is 16.1.